The molecule has 0 aromatic carbocycles. The first kappa shape index (κ1) is 11.9. The number of carbonyl (C=O) groups is 1. The Morgan fingerprint density at radius 3 is 2.83 bits per heavy atom. The van der Waals surface area contributed by atoms with Crippen LogP contribution in [0.2, 0.25) is 5.15 Å². The van der Waals surface area contributed by atoms with E-state index in [2.05, 4.69) is 15.5 Å². The lowest BCUT2D eigenvalue weighted by atomic mass is 9.89. The number of carbonyl (C=O) groups excluding carboxylic acids is 1. The zero-order valence-electron chi connectivity index (χ0n) is 10.1. The van der Waals surface area contributed by atoms with Crippen molar-refractivity contribution in [3.63, 3.8) is 0 Å². The smallest absolute Gasteiger partial charge is 0.271 e. The highest BCUT2D eigenvalue weighted by atomic mass is 35.5. The standard InChI is InChI=1S/C13H16ClN3O/c14-12-4-3-11(16-17-12)13(18)15-7-10-6-8-1-2-9(10)5-8/h3-4,8-10H,1-2,5-7H2,(H,15,18). The van der Waals surface area contributed by atoms with Crippen LogP contribution in [0.5, 0.6) is 0 Å². The SMILES string of the molecule is O=C(NCC1CC2CCC1C2)c1ccc(Cl)nn1. The van der Waals surface area contributed by atoms with Crippen molar-refractivity contribution >= 4 is 17.5 Å². The fraction of sp³-hybridized carbons (Fsp3) is 0.615. The number of hydrogen-bond acceptors (Lipinski definition) is 3. The molecule has 1 aromatic heterocycles. The van der Waals surface area contributed by atoms with Crippen LogP contribution >= 0.6 is 11.6 Å². The number of amides is 1. The van der Waals surface area contributed by atoms with E-state index in [1.807, 2.05) is 0 Å². The highest BCUT2D eigenvalue weighted by molar-refractivity contribution is 6.29. The molecule has 18 heavy (non-hydrogen) atoms. The minimum atomic E-state index is -0.151. The maximum atomic E-state index is 11.9. The van der Waals surface area contributed by atoms with Gasteiger partial charge in [-0.25, -0.2) is 0 Å². The Balaban J connectivity index is 1.54. The van der Waals surface area contributed by atoms with Gasteiger partial charge in [0.25, 0.3) is 5.91 Å². The zero-order valence-corrected chi connectivity index (χ0v) is 10.9. The molecule has 3 atom stereocenters. The second kappa shape index (κ2) is 4.84. The normalized spacial score (nSPS) is 29.5. The molecule has 3 unspecified atom stereocenters. The van der Waals surface area contributed by atoms with Gasteiger partial charge in [-0.2, -0.15) is 0 Å². The van der Waals surface area contributed by atoms with E-state index in [4.69, 9.17) is 11.6 Å². The molecule has 1 N–H and O–H groups in total. The van der Waals surface area contributed by atoms with Crippen LogP contribution in [0.25, 0.3) is 0 Å². The molecule has 2 aliphatic carbocycles. The molecule has 2 aliphatic rings. The zero-order chi connectivity index (χ0) is 12.5. The van der Waals surface area contributed by atoms with Gasteiger partial charge < -0.3 is 5.32 Å². The number of nitrogens with zero attached hydrogens (tertiary/aromatic N) is 2. The van der Waals surface area contributed by atoms with Crippen molar-refractivity contribution in [3.8, 4) is 0 Å². The first-order valence-electron chi connectivity index (χ1n) is 6.50. The van der Waals surface area contributed by atoms with Gasteiger partial charge in [0.2, 0.25) is 0 Å². The van der Waals surface area contributed by atoms with Gasteiger partial charge in [0.15, 0.2) is 10.8 Å². The number of aromatic nitrogens is 2. The summed E-state index contributed by atoms with van der Waals surface area (Å²) in [6.07, 6.45) is 5.36. The third-order valence-corrected chi connectivity index (χ3v) is 4.48. The van der Waals surface area contributed by atoms with Gasteiger partial charge in [0.1, 0.15) is 0 Å². The predicted octanol–water partition coefficient (Wildman–Crippen LogP) is 2.30. The number of hydrogen-bond donors (Lipinski definition) is 1. The monoisotopic (exact) mass is 265 g/mol. The lowest BCUT2D eigenvalue weighted by Gasteiger charge is -2.21. The summed E-state index contributed by atoms with van der Waals surface area (Å²) in [6.45, 7) is 0.768. The maximum absolute atomic E-state index is 11.9. The molecule has 0 spiro atoms. The number of fused-ring (bicyclic) bond motifs is 2. The van der Waals surface area contributed by atoms with E-state index in [0.29, 0.717) is 16.8 Å². The summed E-state index contributed by atoms with van der Waals surface area (Å²) in [7, 11) is 0. The Morgan fingerprint density at radius 1 is 1.33 bits per heavy atom. The summed E-state index contributed by atoms with van der Waals surface area (Å²) in [5.41, 5.74) is 0.336. The largest absolute Gasteiger partial charge is 0.350 e. The molecule has 5 heteroatoms. The molecule has 2 fully saturated rings. The van der Waals surface area contributed by atoms with Gasteiger partial charge >= 0.3 is 0 Å². The first-order chi connectivity index (χ1) is 8.72. The highest BCUT2D eigenvalue weighted by Gasteiger charge is 2.39. The summed E-state index contributed by atoms with van der Waals surface area (Å²) in [5.74, 6) is 2.24. The van der Waals surface area contributed by atoms with Crippen molar-refractivity contribution in [2.45, 2.75) is 25.7 Å². The van der Waals surface area contributed by atoms with Crippen molar-refractivity contribution in [2.24, 2.45) is 17.8 Å². The van der Waals surface area contributed by atoms with Crippen molar-refractivity contribution < 1.29 is 4.79 Å². The summed E-state index contributed by atoms with van der Waals surface area (Å²) in [5, 5.41) is 10.7. The average Bonchev–Trinajstić information content (AvgIpc) is 2.99. The molecule has 0 radical (unpaired) electrons. The molecule has 96 valence electrons. The third kappa shape index (κ3) is 2.34. The summed E-state index contributed by atoms with van der Waals surface area (Å²) in [6, 6.07) is 3.19. The highest BCUT2D eigenvalue weighted by Crippen LogP contribution is 2.47. The minimum absolute atomic E-state index is 0.151. The van der Waals surface area contributed by atoms with Crippen LogP contribution in [0.1, 0.15) is 36.2 Å². The molecular formula is C13H16ClN3O. The van der Waals surface area contributed by atoms with Crippen LogP contribution in [0, 0.1) is 17.8 Å². The van der Waals surface area contributed by atoms with Crippen LogP contribution in [0.4, 0.5) is 0 Å². The molecule has 0 aliphatic heterocycles. The molecule has 0 saturated heterocycles. The van der Waals surface area contributed by atoms with Crippen molar-refractivity contribution in [2.75, 3.05) is 6.54 Å². The van der Waals surface area contributed by atoms with Gasteiger partial charge in [0, 0.05) is 6.54 Å². The van der Waals surface area contributed by atoms with E-state index in [-0.39, 0.29) is 5.91 Å². The van der Waals surface area contributed by atoms with Crippen LogP contribution in [0.3, 0.4) is 0 Å². The quantitative estimate of drug-likeness (QED) is 0.912. The van der Waals surface area contributed by atoms with Gasteiger partial charge in [-0.1, -0.05) is 18.0 Å². The average molecular weight is 266 g/mol. The molecular weight excluding hydrogens is 250 g/mol. The molecule has 2 bridgehead atoms. The predicted molar refractivity (Wildman–Crippen MR) is 68.3 cm³/mol. The fourth-order valence-corrected chi connectivity index (χ4v) is 3.48. The van der Waals surface area contributed by atoms with Crippen molar-refractivity contribution in [3.05, 3.63) is 23.0 Å². The summed E-state index contributed by atoms with van der Waals surface area (Å²) >= 11 is 5.63. The molecule has 2 saturated carbocycles. The van der Waals surface area contributed by atoms with E-state index in [1.165, 1.54) is 25.7 Å². The third-order valence-electron chi connectivity index (χ3n) is 4.27. The maximum Gasteiger partial charge on any atom is 0.271 e. The van der Waals surface area contributed by atoms with Gasteiger partial charge in [-0.05, 0) is 49.1 Å². The van der Waals surface area contributed by atoms with Crippen LogP contribution < -0.4 is 5.32 Å². The Hall–Kier alpha value is -1.16. The Kier molecular flexibility index (Phi) is 3.20. The van der Waals surface area contributed by atoms with Crippen molar-refractivity contribution in [1.29, 1.82) is 0 Å². The Bertz CT molecular complexity index is 448. The van der Waals surface area contributed by atoms with E-state index < -0.39 is 0 Å². The first-order valence-corrected chi connectivity index (χ1v) is 6.87. The number of rotatable bonds is 3. The minimum Gasteiger partial charge on any atom is -0.350 e. The fourth-order valence-electron chi connectivity index (χ4n) is 3.38. The molecule has 1 amide bonds. The van der Waals surface area contributed by atoms with Crippen LogP contribution in [-0.4, -0.2) is 22.6 Å². The topological polar surface area (TPSA) is 54.9 Å². The van der Waals surface area contributed by atoms with E-state index in [0.717, 1.165) is 18.4 Å². The van der Waals surface area contributed by atoms with E-state index >= 15 is 0 Å². The Morgan fingerprint density at radius 2 is 2.22 bits per heavy atom. The van der Waals surface area contributed by atoms with Gasteiger partial charge in [-0.3, -0.25) is 4.79 Å². The second-order valence-corrected chi connectivity index (χ2v) is 5.77. The molecule has 3 rings (SSSR count). The second-order valence-electron chi connectivity index (χ2n) is 5.39. The molecule has 1 aromatic rings. The Labute approximate surface area is 111 Å². The van der Waals surface area contributed by atoms with Crippen molar-refractivity contribution in [1.82, 2.24) is 15.5 Å². The lowest BCUT2D eigenvalue weighted by Crippen LogP contribution is -2.32. The van der Waals surface area contributed by atoms with Crippen LogP contribution in [-0.2, 0) is 0 Å². The van der Waals surface area contributed by atoms with E-state index in [9.17, 15) is 4.79 Å². The molecule has 4 nitrogen and oxygen atoms in total. The van der Waals surface area contributed by atoms with Gasteiger partial charge in [0.05, 0.1) is 0 Å². The molecule has 1 heterocycles. The van der Waals surface area contributed by atoms with Crippen LogP contribution in [0.15, 0.2) is 12.1 Å². The number of nitrogens with one attached hydrogen (secondary N) is 1. The summed E-state index contributed by atoms with van der Waals surface area (Å²) in [4.78, 5) is 11.9. The summed E-state index contributed by atoms with van der Waals surface area (Å²) < 4.78 is 0. The number of halogens is 1. The lowest BCUT2D eigenvalue weighted by molar-refractivity contribution is 0.0935. The van der Waals surface area contributed by atoms with Gasteiger partial charge in [-0.15, -0.1) is 10.2 Å². The van der Waals surface area contributed by atoms with E-state index in [1.54, 1.807) is 12.1 Å².